The van der Waals surface area contributed by atoms with Crippen molar-refractivity contribution in [3.05, 3.63) is 35.9 Å². The molecule has 0 aliphatic carbocycles. The van der Waals surface area contributed by atoms with Crippen molar-refractivity contribution in [1.82, 2.24) is 0 Å². The molecule has 0 aliphatic rings. The van der Waals surface area contributed by atoms with Crippen molar-refractivity contribution in [2.75, 3.05) is 14.2 Å². The topological polar surface area (TPSA) is 34.0 Å². The zero-order valence-electron chi connectivity index (χ0n) is 8.19. The summed E-state index contributed by atoms with van der Waals surface area (Å²) in [6.07, 6.45) is 0. The summed E-state index contributed by atoms with van der Waals surface area (Å²) in [6.45, 7) is 1.88. The molecule has 0 radical (unpaired) electrons. The average molecular weight is 178 g/mol. The largest absolute Gasteiger partial charge is 0.352 e. The fraction of sp³-hybridized carbons (Fsp3) is 0.400. The second kappa shape index (κ2) is 4.14. The van der Waals surface area contributed by atoms with Gasteiger partial charge in [-0.1, -0.05) is 30.3 Å². The summed E-state index contributed by atoms with van der Waals surface area (Å²) < 4.78 is 5.30. The molecule has 0 aromatic heterocycles. The molecule has 13 heavy (non-hydrogen) atoms. The Bertz CT molecular complexity index is 284. The maximum atomic E-state index is 5.30. The van der Waals surface area contributed by atoms with Gasteiger partial charge in [-0.2, -0.15) is 10.2 Å². The third-order valence-electron chi connectivity index (χ3n) is 2.00. The van der Waals surface area contributed by atoms with Crippen LogP contribution in [0.15, 0.2) is 40.6 Å². The maximum absolute atomic E-state index is 5.30. The molecule has 1 unspecified atom stereocenters. The van der Waals surface area contributed by atoms with E-state index in [1.807, 2.05) is 37.3 Å². The van der Waals surface area contributed by atoms with E-state index in [4.69, 9.17) is 4.74 Å². The average Bonchev–Trinajstić information content (AvgIpc) is 2.19. The van der Waals surface area contributed by atoms with E-state index in [1.165, 1.54) is 0 Å². The second-order valence-corrected chi connectivity index (χ2v) is 2.85. The summed E-state index contributed by atoms with van der Waals surface area (Å²) in [5.74, 6) is 0. The van der Waals surface area contributed by atoms with E-state index < -0.39 is 5.72 Å². The highest BCUT2D eigenvalue weighted by molar-refractivity contribution is 5.20. The number of rotatable bonds is 3. The standard InChI is InChI=1S/C10H14N2O/c1-10(13-3,12-11-2)9-7-5-4-6-8-9/h4-8H,1-3H3. The van der Waals surface area contributed by atoms with Gasteiger partial charge in [0.15, 0.2) is 0 Å². The van der Waals surface area contributed by atoms with Crippen LogP contribution in [0.5, 0.6) is 0 Å². The summed E-state index contributed by atoms with van der Waals surface area (Å²) in [7, 11) is 3.27. The summed E-state index contributed by atoms with van der Waals surface area (Å²) >= 11 is 0. The lowest BCUT2D eigenvalue weighted by Gasteiger charge is -2.22. The van der Waals surface area contributed by atoms with Crippen molar-refractivity contribution in [3.63, 3.8) is 0 Å². The quantitative estimate of drug-likeness (QED) is 0.655. The molecule has 1 atom stereocenters. The lowest BCUT2D eigenvalue weighted by atomic mass is 10.1. The predicted octanol–water partition coefficient (Wildman–Crippen LogP) is 2.59. The Kier molecular flexibility index (Phi) is 3.14. The Balaban J connectivity index is 3.03. The Morgan fingerprint density at radius 2 is 1.85 bits per heavy atom. The van der Waals surface area contributed by atoms with Gasteiger partial charge < -0.3 is 4.74 Å². The SMILES string of the molecule is CN=NC(C)(OC)c1ccccc1. The number of hydrogen-bond acceptors (Lipinski definition) is 3. The van der Waals surface area contributed by atoms with Crippen molar-refractivity contribution in [2.45, 2.75) is 12.6 Å². The molecule has 0 bridgehead atoms. The number of hydrogen-bond donors (Lipinski definition) is 0. The molecular formula is C10H14N2O. The zero-order valence-corrected chi connectivity index (χ0v) is 8.19. The third kappa shape index (κ3) is 2.12. The van der Waals surface area contributed by atoms with Crippen LogP contribution < -0.4 is 0 Å². The molecule has 3 heteroatoms. The van der Waals surface area contributed by atoms with Gasteiger partial charge in [0.25, 0.3) is 0 Å². The fourth-order valence-corrected chi connectivity index (χ4v) is 1.15. The number of nitrogens with zero attached hydrogens (tertiary/aromatic N) is 2. The van der Waals surface area contributed by atoms with E-state index in [9.17, 15) is 0 Å². The van der Waals surface area contributed by atoms with Gasteiger partial charge in [0.05, 0.1) is 0 Å². The van der Waals surface area contributed by atoms with Crippen molar-refractivity contribution in [3.8, 4) is 0 Å². The fourth-order valence-electron chi connectivity index (χ4n) is 1.15. The van der Waals surface area contributed by atoms with E-state index in [0.717, 1.165) is 5.56 Å². The Morgan fingerprint density at radius 3 is 2.31 bits per heavy atom. The van der Waals surface area contributed by atoms with E-state index in [2.05, 4.69) is 10.2 Å². The van der Waals surface area contributed by atoms with E-state index in [-0.39, 0.29) is 0 Å². The summed E-state index contributed by atoms with van der Waals surface area (Å²) in [5.41, 5.74) is 0.346. The molecule has 1 aromatic rings. The highest BCUT2D eigenvalue weighted by atomic mass is 16.5. The van der Waals surface area contributed by atoms with Gasteiger partial charge in [-0.15, -0.1) is 0 Å². The van der Waals surface area contributed by atoms with E-state index >= 15 is 0 Å². The molecule has 3 nitrogen and oxygen atoms in total. The van der Waals surface area contributed by atoms with Crippen LogP contribution >= 0.6 is 0 Å². The lowest BCUT2D eigenvalue weighted by molar-refractivity contribution is 0.00347. The van der Waals surface area contributed by atoms with Crippen LogP contribution in [0.2, 0.25) is 0 Å². The van der Waals surface area contributed by atoms with Crippen molar-refractivity contribution in [1.29, 1.82) is 0 Å². The molecule has 1 aromatic carbocycles. The van der Waals surface area contributed by atoms with Gasteiger partial charge >= 0.3 is 0 Å². The molecule has 1 rings (SSSR count). The van der Waals surface area contributed by atoms with Crippen LogP contribution in [-0.2, 0) is 10.5 Å². The van der Waals surface area contributed by atoms with E-state index in [0.29, 0.717) is 0 Å². The third-order valence-corrected chi connectivity index (χ3v) is 2.00. The summed E-state index contributed by atoms with van der Waals surface area (Å²) in [6, 6.07) is 9.81. The molecule has 0 amide bonds. The van der Waals surface area contributed by atoms with Gasteiger partial charge in [-0.25, -0.2) is 0 Å². The van der Waals surface area contributed by atoms with Gasteiger partial charge in [0, 0.05) is 19.7 Å². The van der Waals surface area contributed by atoms with Gasteiger partial charge in [0.1, 0.15) is 0 Å². The minimum Gasteiger partial charge on any atom is -0.352 e. The second-order valence-electron chi connectivity index (χ2n) is 2.85. The highest BCUT2D eigenvalue weighted by Crippen LogP contribution is 2.25. The van der Waals surface area contributed by atoms with Crippen molar-refractivity contribution >= 4 is 0 Å². The Hall–Kier alpha value is -1.22. The molecule has 0 N–H and O–H groups in total. The highest BCUT2D eigenvalue weighted by Gasteiger charge is 2.24. The summed E-state index contributed by atoms with van der Waals surface area (Å²) in [5, 5.41) is 7.80. The number of ether oxygens (including phenoxy) is 1. The lowest BCUT2D eigenvalue weighted by Crippen LogP contribution is -2.20. The van der Waals surface area contributed by atoms with Crippen LogP contribution in [-0.4, -0.2) is 14.2 Å². The van der Waals surface area contributed by atoms with Crippen LogP contribution in [0.3, 0.4) is 0 Å². The molecule has 0 heterocycles. The molecular weight excluding hydrogens is 164 g/mol. The van der Waals surface area contributed by atoms with E-state index in [1.54, 1.807) is 14.2 Å². The summed E-state index contributed by atoms with van der Waals surface area (Å²) in [4.78, 5) is 0. The monoisotopic (exact) mass is 178 g/mol. The van der Waals surface area contributed by atoms with Crippen LogP contribution in [0.1, 0.15) is 12.5 Å². The molecule has 0 saturated carbocycles. The first-order valence-corrected chi connectivity index (χ1v) is 4.14. The van der Waals surface area contributed by atoms with Crippen LogP contribution in [0.4, 0.5) is 0 Å². The first-order chi connectivity index (χ1) is 6.23. The number of methoxy groups -OCH3 is 1. The molecule has 0 fully saturated rings. The first-order valence-electron chi connectivity index (χ1n) is 4.14. The predicted molar refractivity (Wildman–Crippen MR) is 51.6 cm³/mol. The zero-order chi connectivity index (χ0) is 9.73. The Morgan fingerprint density at radius 1 is 1.23 bits per heavy atom. The van der Waals surface area contributed by atoms with Crippen molar-refractivity contribution < 1.29 is 4.74 Å². The molecule has 0 aliphatic heterocycles. The van der Waals surface area contributed by atoms with Gasteiger partial charge in [-0.05, 0) is 6.92 Å². The van der Waals surface area contributed by atoms with Crippen LogP contribution in [0.25, 0.3) is 0 Å². The van der Waals surface area contributed by atoms with Crippen LogP contribution in [0, 0.1) is 0 Å². The number of benzene rings is 1. The maximum Gasteiger partial charge on any atom is 0.201 e. The first kappa shape index (κ1) is 9.86. The number of azo groups is 1. The minimum absolute atomic E-state index is 0.657. The smallest absolute Gasteiger partial charge is 0.201 e. The molecule has 0 saturated heterocycles. The van der Waals surface area contributed by atoms with Crippen molar-refractivity contribution in [2.24, 2.45) is 10.2 Å². The minimum atomic E-state index is -0.657. The molecule has 0 spiro atoms. The molecule has 70 valence electrons. The Labute approximate surface area is 78.5 Å². The normalized spacial score (nSPS) is 15.9. The van der Waals surface area contributed by atoms with Gasteiger partial charge in [-0.3, -0.25) is 0 Å². The van der Waals surface area contributed by atoms with Gasteiger partial charge in [0.2, 0.25) is 5.72 Å².